The smallest absolute Gasteiger partial charge is 0.0655 e. The Hall–Kier alpha value is -1.32. The lowest BCUT2D eigenvalue weighted by atomic mass is 10.0. The summed E-state index contributed by atoms with van der Waals surface area (Å²) in [6, 6.07) is 8.07. The number of nitrogens with two attached hydrogens (primary N) is 1. The third-order valence-corrected chi connectivity index (χ3v) is 2.37. The maximum absolute atomic E-state index is 5.99. The molecule has 2 aromatic rings. The topological polar surface area (TPSA) is 51.0 Å². The maximum atomic E-state index is 5.99. The van der Waals surface area contributed by atoms with E-state index in [0.29, 0.717) is 6.61 Å². The summed E-state index contributed by atoms with van der Waals surface area (Å²) in [5.41, 5.74) is 8.24. The summed E-state index contributed by atoms with van der Waals surface area (Å²) >= 11 is 0. The van der Waals surface area contributed by atoms with Crippen LogP contribution in [0.15, 0.2) is 30.5 Å². The number of fused-ring (bicyclic) bond motifs is 1. The Balaban J connectivity index is 2.45. The summed E-state index contributed by atoms with van der Waals surface area (Å²) < 4.78 is 5.05. The summed E-state index contributed by atoms with van der Waals surface area (Å²) in [7, 11) is 1.66. The molecule has 0 radical (unpaired) electrons. The van der Waals surface area contributed by atoms with Gasteiger partial charge in [0.15, 0.2) is 0 Å². The van der Waals surface area contributed by atoms with Gasteiger partial charge >= 0.3 is 0 Å². The second-order valence-electron chi connectivity index (χ2n) is 3.35. The van der Waals surface area contributed by atoms with Crippen molar-refractivity contribution in [3.8, 4) is 0 Å². The number of hydrogen-bond donors (Lipinski definition) is 2. The summed E-state index contributed by atoms with van der Waals surface area (Å²) in [6.07, 6.45) is 1.92. The molecule has 3 N–H and O–H groups in total. The van der Waals surface area contributed by atoms with Gasteiger partial charge in [-0.15, -0.1) is 0 Å². The number of ether oxygens (including phenoxy) is 1. The highest BCUT2D eigenvalue weighted by molar-refractivity contribution is 5.83. The minimum absolute atomic E-state index is 0.0560. The standard InChI is InChI=1S/C11H14N2O/c1-14-7-10(12)8-3-2-4-11-9(8)5-6-13-11/h2-6,10,13H,7,12H2,1H3. The lowest BCUT2D eigenvalue weighted by molar-refractivity contribution is 0.181. The van der Waals surface area contributed by atoms with Crippen molar-refractivity contribution in [3.63, 3.8) is 0 Å². The minimum atomic E-state index is -0.0560. The van der Waals surface area contributed by atoms with Gasteiger partial charge in [-0.05, 0) is 17.7 Å². The first-order chi connectivity index (χ1) is 6.83. The number of hydrogen-bond acceptors (Lipinski definition) is 2. The first-order valence-corrected chi connectivity index (χ1v) is 4.63. The van der Waals surface area contributed by atoms with Crippen LogP contribution in [0.2, 0.25) is 0 Å². The molecule has 1 unspecified atom stereocenters. The summed E-state index contributed by atoms with van der Waals surface area (Å²) in [6.45, 7) is 0.546. The highest BCUT2D eigenvalue weighted by Gasteiger charge is 2.09. The maximum Gasteiger partial charge on any atom is 0.0655 e. The van der Waals surface area contributed by atoms with E-state index in [4.69, 9.17) is 10.5 Å². The van der Waals surface area contributed by atoms with Crippen molar-refractivity contribution < 1.29 is 4.74 Å². The Bertz CT molecular complexity index is 422. The molecule has 0 aliphatic carbocycles. The second-order valence-corrected chi connectivity index (χ2v) is 3.35. The van der Waals surface area contributed by atoms with Crippen molar-refractivity contribution in [2.75, 3.05) is 13.7 Å². The summed E-state index contributed by atoms with van der Waals surface area (Å²) in [4.78, 5) is 3.16. The van der Waals surface area contributed by atoms with Gasteiger partial charge < -0.3 is 15.5 Å². The molecule has 1 heterocycles. The lowest BCUT2D eigenvalue weighted by Gasteiger charge is -2.11. The van der Waals surface area contributed by atoms with Crippen molar-refractivity contribution >= 4 is 10.9 Å². The lowest BCUT2D eigenvalue weighted by Crippen LogP contribution is -2.16. The highest BCUT2D eigenvalue weighted by atomic mass is 16.5. The fourth-order valence-electron chi connectivity index (χ4n) is 1.70. The van der Waals surface area contributed by atoms with E-state index in [-0.39, 0.29) is 6.04 Å². The van der Waals surface area contributed by atoms with E-state index < -0.39 is 0 Å². The van der Waals surface area contributed by atoms with Crippen molar-refractivity contribution in [1.82, 2.24) is 4.98 Å². The van der Waals surface area contributed by atoms with Crippen LogP contribution in [0.1, 0.15) is 11.6 Å². The van der Waals surface area contributed by atoms with Gasteiger partial charge in [0.25, 0.3) is 0 Å². The second kappa shape index (κ2) is 3.82. The SMILES string of the molecule is COCC(N)c1cccc2[nH]ccc12. The number of benzene rings is 1. The van der Waals surface area contributed by atoms with E-state index in [2.05, 4.69) is 4.98 Å². The van der Waals surface area contributed by atoms with Gasteiger partial charge in [-0.25, -0.2) is 0 Å². The van der Waals surface area contributed by atoms with Gasteiger partial charge in [0, 0.05) is 24.2 Å². The van der Waals surface area contributed by atoms with Crippen LogP contribution in [0.25, 0.3) is 10.9 Å². The molecule has 0 bridgehead atoms. The normalized spacial score (nSPS) is 13.3. The Morgan fingerprint density at radius 2 is 2.29 bits per heavy atom. The number of methoxy groups -OCH3 is 1. The molecule has 0 amide bonds. The van der Waals surface area contributed by atoms with Gasteiger partial charge in [-0.1, -0.05) is 12.1 Å². The van der Waals surface area contributed by atoms with Crippen LogP contribution in [0.5, 0.6) is 0 Å². The molecule has 3 heteroatoms. The van der Waals surface area contributed by atoms with Crippen molar-refractivity contribution in [2.24, 2.45) is 5.73 Å². The van der Waals surface area contributed by atoms with Crippen molar-refractivity contribution in [3.05, 3.63) is 36.0 Å². The zero-order valence-corrected chi connectivity index (χ0v) is 8.16. The van der Waals surface area contributed by atoms with Crippen LogP contribution in [0, 0.1) is 0 Å². The zero-order chi connectivity index (χ0) is 9.97. The van der Waals surface area contributed by atoms with Gasteiger partial charge in [0.1, 0.15) is 0 Å². The molecule has 0 aliphatic rings. The van der Waals surface area contributed by atoms with E-state index in [1.807, 2.05) is 30.5 Å². The number of aromatic nitrogens is 1. The largest absolute Gasteiger partial charge is 0.383 e. The fraction of sp³-hybridized carbons (Fsp3) is 0.273. The van der Waals surface area contributed by atoms with Crippen LogP contribution < -0.4 is 5.73 Å². The zero-order valence-electron chi connectivity index (χ0n) is 8.16. The molecule has 0 saturated carbocycles. The summed E-state index contributed by atoms with van der Waals surface area (Å²) in [5.74, 6) is 0. The molecular weight excluding hydrogens is 176 g/mol. The van der Waals surface area contributed by atoms with E-state index in [0.717, 1.165) is 11.1 Å². The molecule has 1 atom stereocenters. The van der Waals surface area contributed by atoms with Crippen LogP contribution in [-0.2, 0) is 4.74 Å². The van der Waals surface area contributed by atoms with E-state index >= 15 is 0 Å². The molecule has 3 nitrogen and oxygen atoms in total. The summed E-state index contributed by atoms with van der Waals surface area (Å²) in [5, 5.41) is 1.18. The van der Waals surface area contributed by atoms with Crippen LogP contribution in [0.3, 0.4) is 0 Å². The number of aromatic amines is 1. The quantitative estimate of drug-likeness (QED) is 0.775. The van der Waals surface area contributed by atoms with Crippen LogP contribution in [0.4, 0.5) is 0 Å². The molecule has 2 rings (SSSR count). The van der Waals surface area contributed by atoms with E-state index in [1.54, 1.807) is 7.11 Å². The molecular formula is C11H14N2O. The number of rotatable bonds is 3. The van der Waals surface area contributed by atoms with Crippen molar-refractivity contribution in [2.45, 2.75) is 6.04 Å². The average molecular weight is 190 g/mol. The monoisotopic (exact) mass is 190 g/mol. The highest BCUT2D eigenvalue weighted by Crippen LogP contribution is 2.22. The van der Waals surface area contributed by atoms with E-state index in [1.165, 1.54) is 5.39 Å². The van der Waals surface area contributed by atoms with Gasteiger partial charge in [-0.3, -0.25) is 0 Å². The first kappa shape index (κ1) is 9.24. The van der Waals surface area contributed by atoms with Gasteiger partial charge in [0.05, 0.1) is 12.6 Å². The van der Waals surface area contributed by atoms with Gasteiger partial charge in [-0.2, -0.15) is 0 Å². The number of H-pyrrole nitrogens is 1. The number of nitrogens with one attached hydrogen (secondary N) is 1. The third kappa shape index (κ3) is 1.52. The predicted octanol–water partition coefficient (Wildman–Crippen LogP) is 1.81. The molecule has 0 saturated heterocycles. The molecule has 0 aliphatic heterocycles. The molecule has 14 heavy (non-hydrogen) atoms. The average Bonchev–Trinajstić information content (AvgIpc) is 2.65. The Morgan fingerprint density at radius 3 is 3.07 bits per heavy atom. The van der Waals surface area contributed by atoms with Crippen LogP contribution in [-0.4, -0.2) is 18.7 Å². The molecule has 0 spiro atoms. The Kier molecular flexibility index (Phi) is 2.52. The van der Waals surface area contributed by atoms with Crippen LogP contribution >= 0.6 is 0 Å². The molecule has 0 fully saturated rings. The Labute approximate surface area is 82.9 Å². The third-order valence-electron chi connectivity index (χ3n) is 2.37. The first-order valence-electron chi connectivity index (χ1n) is 4.63. The fourth-order valence-corrected chi connectivity index (χ4v) is 1.70. The van der Waals surface area contributed by atoms with E-state index in [9.17, 15) is 0 Å². The molecule has 74 valence electrons. The molecule has 1 aromatic heterocycles. The van der Waals surface area contributed by atoms with Gasteiger partial charge in [0.2, 0.25) is 0 Å². The molecule has 1 aromatic carbocycles. The predicted molar refractivity (Wildman–Crippen MR) is 57.1 cm³/mol. The Morgan fingerprint density at radius 1 is 1.43 bits per heavy atom. The van der Waals surface area contributed by atoms with Crippen molar-refractivity contribution in [1.29, 1.82) is 0 Å². The minimum Gasteiger partial charge on any atom is -0.383 e.